The molecule has 0 aromatic heterocycles. The Labute approximate surface area is 357 Å². The zero-order valence-corrected chi connectivity index (χ0v) is 38.7. The van der Waals surface area contributed by atoms with Crippen LogP contribution in [0.25, 0.3) is 0 Å². The molecule has 0 bridgehead atoms. The number of carbonyl (C=O) groups is 1. The Morgan fingerprint density at radius 2 is 0.702 bits per heavy atom. The first-order valence-corrected chi connectivity index (χ1v) is 26.0. The average Bonchev–Trinajstić information content (AvgIpc) is 3.22. The molecule has 0 aliphatic heterocycles. The molecule has 1 amide bonds. The van der Waals surface area contributed by atoms with Crippen LogP contribution in [0, 0.1) is 0 Å². The molecule has 0 aromatic carbocycles. The van der Waals surface area contributed by atoms with Crippen molar-refractivity contribution in [2.24, 2.45) is 0 Å². The van der Waals surface area contributed by atoms with Crippen LogP contribution in [-0.4, -0.2) is 46.1 Å². The molecule has 57 heavy (non-hydrogen) atoms. The molecule has 340 valence electrons. The van der Waals surface area contributed by atoms with Crippen LogP contribution in [0.3, 0.4) is 0 Å². The number of aliphatic hydroxyl groups is 3. The molecule has 0 aliphatic carbocycles. The number of unbranched alkanes of at least 4 members (excludes halogenated alkanes) is 38. The Bertz CT molecular complexity index is 803. The summed E-state index contributed by atoms with van der Waals surface area (Å²) in [5.41, 5.74) is 0. The fourth-order valence-corrected chi connectivity index (χ4v) is 8.34. The average molecular weight is 806 g/mol. The first-order chi connectivity index (χ1) is 28.1. The van der Waals surface area contributed by atoms with Crippen molar-refractivity contribution in [1.29, 1.82) is 0 Å². The third-order valence-electron chi connectivity index (χ3n) is 12.4. The quantitative estimate of drug-likeness (QED) is 0.0364. The molecule has 0 spiro atoms. The van der Waals surface area contributed by atoms with Crippen molar-refractivity contribution in [1.82, 2.24) is 5.32 Å². The standard InChI is InChI=1S/C52H103NO4/c1-3-5-7-9-11-13-15-16-17-18-19-20-21-22-23-24-25-26-27-28-29-30-31-32-33-34-35-37-39-41-43-45-47-51(56)53-49(48-54)52(57)50(55)46-44-42-40-38-36-14-12-10-8-6-4-2/h22-23,49-50,52,54-55,57H,3-21,24-48H2,1-2H3,(H,53,56)/b23-22-. The molecule has 0 saturated carbocycles. The van der Waals surface area contributed by atoms with E-state index >= 15 is 0 Å². The Hall–Kier alpha value is -0.910. The Morgan fingerprint density at radius 3 is 1.02 bits per heavy atom. The highest BCUT2D eigenvalue weighted by Crippen LogP contribution is 2.17. The maximum atomic E-state index is 12.4. The highest BCUT2D eigenvalue weighted by molar-refractivity contribution is 5.76. The molecule has 3 unspecified atom stereocenters. The zero-order valence-electron chi connectivity index (χ0n) is 38.7. The topological polar surface area (TPSA) is 89.8 Å². The van der Waals surface area contributed by atoms with Crippen LogP contribution >= 0.6 is 0 Å². The molecule has 0 aliphatic rings. The van der Waals surface area contributed by atoms with Gasteiger partial charge in [0, 0.05) is 6.42 Å². The molecule has 3 atom stereocenters. The van der Waals surface area contributed by atoms with E-state index in [0.29, 0.717) is 12.8 Å². The van der Waals surface area contributed by atoms with Crippen LogP contribution < -0.4 is 5.32 Å². The smallest absolute Gasteiger partial charge is 0.220 e. The van der Waals surface area contributed by atoms with Gasteiger partial charge in [0.1, 0.15) is 6.10 Å². The van der Waals surface area contributed by atoms with Crippen LogP contribution in [0.2, 0.25) is 0 Å². The van der Waals surface area contributed by atoms with E-state index in [0.717, 1.165) is 38.5 Å². The maximum Gasteiger partial charge on any atom is 0.220 e. The highest BCUT2D eigenvalue weighted by atomic mass is 16.3. The number of carbonyl (C=O) groups excluding carboxylic acids is 1. The first-order valence-electron chi connectivity index (χ1n) is 26.0. The van der Waals surface area contributed by atoms with Gasteiger partial charge < -0.3 is 20.6 Å². The molecular formula is C52H103NO4. The minimum atomic E-state index is -1.13. The highest BCUT2D eigenvalue weighted by Gasteiger charge is 2.26. The second-order valence-corrected chi connectivity index (χ2v) is 18.1. The molecule has 5 heteroatoms. The van der Waals surface area contributed by atoms with Crippen LogP contribution in [0.15, 0.2) is 12.2 Å². The van der Waals surface area contributed by atoms with Crippen molar-refractivity contribution >= 4 is 5.91 Å². The van der Waals surface area contributed by atoms with Crippen LogP contribution in [0.1, 0.15) is 290 Å². The molecule has 4 N–H and O–H groups in total. The summed E-state index contributed by atoms with van der Waals surface area (Å²) in [6.45, 7) is 4.19. The van der Waals surface area contributed by atoms with Gasteiger partial charge in [-0.3, -0.25) is 4.79 Å². The summed E-state index contributed by atoms with van der Waals surface area (Å²) in [4.78, 5) is 12.4. The van der Waals surface area contributed by atoms with E-state index in [9.17, 15) is 20.1 Å². The van der Waals surface area contributed by atoms with Crippen molar-refractivity contribution in [2.75, 3.05) is 6.61 Å². The number of hydrogen-bond donors (Lipinski definition) is 4. The summed E-state index contributed by atoms with van der Waals surface area (Å²) in [6, 6.07) is -0.804. The van der Waals surface area contributed by atoms with E-state index in [4.69, 9.17) is 0 Å². The number of rotatable bonds is 48. The lowest BCUT2D eigenvalue weighted by Crippen LogP contribution is -2.50. The molecule has 0 heterocycles. The van der Waals surface area contributed by atoms with Gasteiger partial charge in [0.15, 0.2) is 0 Å². The van der Waals surface area contributed by atoms with Crippen molar-refractivity contribution in [3.8, 4) is 0 Å². The largest absolute Gasteiger partial charge is 0.394 e. The number of amides is 1. The predicted octanol–water partition coefficient (Wildman–Crippen LogP) is 15.6. The van der Waals surface area contributed by atoms with E-state index < -0.39 is 18.2 Å². The van der Waals surface area contributed by atoms with Crippen LogP contribution in [-0.2, 0) is 4.79 Å². The van der Waals surface area contributed by atoms with Gasteiger partial charge >= 0.3 is 0 Å². The second-order valence-electron chi connectivity index (χ2n) is 18.1. The van der Waals surface area contributed by atoms with Crippen LogP contribution in [0.4, 0.5) is 0 Å². The Balaban J connectivity index is 3.45. The number of hydrogen-bond acceptors (Lipinski definition) is 4. The van der Waals surface area contributed by atoms with Gasteiger partial charge in [0.2, 0.25) is 5.91 Å². The summed E-state index contributed by atoms with van der Waals surface area (Å²) in [7, 11) is 0. The van der Waals surface area contributed by atoms with Gasteiger partial charge in [-0.05, 0) is 38.5 Å². The summed E-state index contributed by atoms with van der Waals surface area (Å²) < 4.78 is 0. The molecule has 0 radical (unpaired) electrons. The third kappa shape index (κ3) is 43.0. The molecular weight excluding hydrogens is 703 g/mol. The molecule has 0 saturated heterocycles. The minimum Gasteiger partial charge on any atom is -0.394 e. The Kier molecular flexibility index (Phi) is 47.0. The SMILES string of the molecule is CCCCCCCCCCCCCC/C=C\CCCCCCCCCCCCCCCCCCC(=O)NC(CO)C(O)C(O)CCCCCCCCCCCCC. The lowest BCUT2D eigenvalue weighted by atomic mass is 9.99. The normalized spacial score (nSPS) is 13.4. The van der Waals surface area contributed by atoms with Gasteiger partial charge in [0.25, 0.3) is 0 Å². The first kappa shape index (κ1) is 56.1. The number of aliphatic hydroxyl groups excluding tert-OH is 3. The van der Waals surface area contributed by atoms with Gasteiger partial charge in [-0.2, -0.15) is 0 Å². The molecule has 0 aromatic rings. The third-order valence-corrected chi connectivity index (χ3v) is 12.4. The van der Waals surface area contributed by atoms with Gasteiger partial charge in [-0.25, -0.2) is 0 Å². The van der Waals surface area contributed by atoms with Crippen molar-refractivity contribution in [3.05, 3.63) is 12.2 Å². The second kappa shape index (κ2) is 47.8. The summed E-state index contributed by atoms with van der Waals surface area (Å²) >= 11 is 0. The van der Waals surface area contributed by atoms with Crippen molar-refractivity contribution in [2.45, 2.75) is 308 Å². The predicted molar refractivity (Wildman–Crippen MR) is 250 cm³/mol. The minimum absolute atomic E-state index is 0.141. The molecule has 5 nitrogen and oxygen atoms in total. The molecule has 0 fully saturated rings. The lowest BCUT2D eigenvalue weighted by Gasteiger charge is -2.26. The van der Waals surface area contributed by atoms with Gasteiger partial charge in [-0.1, -0.05) is 257 Å². The lowest BCUT2D eigenvalue weighted by molar-refractivity contribution is -0.124. The van der Waals surface area contributed by atoms with E-state index in [2.05, 4.69) is 31.3 Å². The Morgan fingerprint density at radius 1 is 0.421 bits per heavy atom. The van der Waals surface area contributed by atoms with E-state index in [1.165, 1.54) is 225 Å². The summed E-state index contributed by atoms with van der Waals surface area (Å²) in [5, 5.41) is 33.5. The monoisotopic (exact) mass is 806 g/mol. The fraction of sp³-hybridized carbons (Fsp3) is 0.942. The molecule has 0 rings (SSSR count). The van der Waals surface area contributed by atoms with Gasteiger partial charge in [-0.15, -0.1) is 0 Å². The van der Waals surface area contributed by atoms with E-state index in [1.54, 1.807) is 0 Å². The zero-order chi connectivity index (χ0) is 41.5. The van der Waals surface area contributed by atoms with Gasteiger partial charge in [0.05, 0.1) is 18.8 Å². The van der Waals surface area contributed by atoms with Crippen LogP contribution in [0.5, 0.6) is 0 Å². The van der Waals surface area contributed by atoms with Crippen molar-refractivity contribution in [3.63, 3.8) is 0 Å². The van der Waals surface area contributed by atoms with E-state index in [1.807, 2.05) is 0 Å². The maximum absolute atomic E-state index is 12.4. The van der Waals surface area contributed by atoms with Crippen molar-refractivity contribution < 1.29 is 20.1 Å². The fourth-order valence-electron chi connectivity index (χ4n) is 8.34. The number of allylic oxidation sites excluding steroid dienone is 2. The number of nitrogens with one attached hydrogen (secondary N) is 1. The summed E-state index contributed by atoms with van der Waals surface area (Å²) in [5.74, 6) is -0.141. The summed E-state index contributed by atoms with van der Waals surface area (Å²) in [6.07, 6.45) is 57.9. The van der Waals surface area contributed by atoms with E-state index in [-0.39, 0.29) is 12.5 Å².